The molecule has 0 aliphatic heterocycles. The molecule has 1 aromatic rings. The highest BCUT2D eigenvalue weighted by Crippen LogP contribution is 2.38. The van der Waals surface area contributed by atoms with Gasteiger partial charge < -0.3 is 5.73 Å². The number of nitrogens with zero attached hydrogens (tertiary/aromatic N) is 1. The topological polar surface area (TPSA) is 38.9 Å². The number of thiazole rings is 1. The summed E-state index contributed by atoms with van der Waals surface area (Å²) in [4.78, 5) is 5.97. The molecule has 0 saturated heterocycles. The van der Waals surface area contributed by atoms with Gasteiger partial charge in [-0.05, 0) is 38.5 Å². The summed E-state index contributed by atoms with van der Waals surface area (Å²) >= 11 is 1.84. The zero-order valence-corrected chi connectivity index (χ0v) is 11.1. The van der Waals surface area contributed by atoms with Gasteiger partial charge in [0.25, 0.3) is 0 Å². The first-order valence-corrected chi connectivity index (χ1v) is 7.22. The molecule has 1 aromatic heterocycles. The van der Waals surface area contributed by atoms with E-state index in [1.165, 1.54) is 42.0 Å². The van der Waals surface area contributed by atoms with E-state index in [1.807, 2.05) is 11.3 Å². The summed E-state index contributed by atoms with van der Waals surface area (Å²) in [7, 11) is 0. The maximum absolute atomic E-state index is 5.71. The lowest BCUT2D eigenvalue weighted by Gasteiger charge is -2.26. The first-order valence-electron chi connectivity index (χ1n) is 6.40. The van der Waals surface area contributed by atoms with Gasteiger partial charge in [-0.2, -0.15) is 0 Å². The quantitative estimate of drug-likeness (QED) is 0.874. The number of aryl methyl sites for hydroxylation is 1. The van der Waals surface area contributed by atoms with Crippen molar-refractivity contribution in [1.29, 1.82) is 0 Å². The second-order valence-electron chi connectivity index (χ2n) is 4.89. The second kappa shape index (κ2) is 5.28. The SMILES string of the molecule is CCC1CCC(c2nc(C)c(CN)s2)CC1. The molecule has 2 nitrogen and oxygen atoms in total. The van der Waals surface area contributed by atoms with Crippen molar-refractivity contribution >= 4 is 11.3 Å². The molecule has 1 aliphatic carbocycles. The van der Waals surface area contributed by atoms with Gasteiger partial charge in [-0.15, -0.1) is 11.3 Å². The van der Waals surface area contributed by atoms with Crippen LogP contribution in [-0.2, 0) is 6.54 Å². The number of hydrogen-bond acceptors (Lipinski definition) is 3. The summed E-state index contributed by atoms with van der Waals surface area (Å²) in [6.07, 6.45) is 6.78. The molecule has 1 aliphatic rings. The third-order valence-electron chi connectivity index (χ3n) is 3.87. The Balaban J connectivity index is 2.02. The summed E-state index contributed by atoms with van der Waals surface area (Å²) in [5.41, 5.74) is 6.86. The number of rotatable bonds is 3. The predicted molar refractivity (Wildman–Crippen MR) is 69.7 cm³/mol. The van der Waals surface area contributed by atoms with Gasteiger partial charge in [-0.3, -0.25) is 0 Å². The van der Waals surface area contributed by atoms with Crippen LogP contribution in [0, 0.1) is 12.8 Å². The summed E-state index contributed by atoms with van der Waals surface area (Å²) in [6, 6.07) is 0. The molecule has 0 aromatic carbocycles. The van der Waals surface area contributed by atoms with Crippen LogP contribution in [0.2, 0.25) is 0 Å². The van der Waals surface area contributed by atoms with Crippen LogP contribution < -0.4 is 5.73 Å². The minimum absolute atomic E-state index is 0.647. The number of nitrogens with two attached hydrogens (primary N) is 1. The average Bonchev–Trinajstić information content (AvgIpc) is 2.71. The van der Waals surface area contributed by atoms with Crippen LogP contribution in [-0.4, -0.2) is 4.98 Å². The van der Waals surface area contributed by atoms with Gasteiger partial charge >= 0.3 is 0 Å². The summed E-state index contributed by atoms with van der Waals surface area (Å²) in [5.74, 6) is 1.68. The van der Waals surface area contributed by atoms with Crippen molar-refractivity contribution in [2.45, 2.75) is 58.4 Å². The molecule has 1 saturated carbocycles. The van der Waals surface area contributed by atoms with Gasteiger partial charge in [-0.1, -0.05) is 13.3 Å². The first kappa shape index (κ1) is 12.1. The highest BCUT2D eigenvalue weighted by Gasteiger charge is 2.24. The van der Waals surface area contributed by atoms with Gasteiger partial charge in [0.15, 0.2) is 0 Å². The maximum atomic E-state index is 5.71. The van der Waals surface area contributed by atoms with Crippen molar-refractivity contribution in [2.75, 3.05) is 0 Å². The Morgan fingerprint density at radius 2 is 2.00 bits per heavy atom. The van der Waals surface area contributed by atoms with E-state index in [4.69, 9.17) is 10.7 Å². The third kappa shape index (κ3) is 2.46. The molecule has 16 heavy (non-hydrogen) atoms. The molecule has 1 fully saturated rings. The van der Waals surface area contributed by atoms with Crippen molar-refractivity contribution in [3.8, 4) is 0 Å². The van der Waals surface area contributed by atoms with Crippen LogP contribution in [0.1, 0.15) is 60.5 Å². The normalized spacial score (nSPS) is 25.9. The van der Waals surface area contributed by atoms with E-state index in [-0.39, 0.29) is 0 Å². The lowest BCUT2D eigenvalue weighted by Crippen LogP contribution is -2.12. The molecule has 0 unspecified atom stereocenters. The van der Waals surface area contributed by atoms with Crippen LogP contribution in [0.3, 0.4) is 0 Å². The van der Waals surface area contributed by atoms with Crippen LogP contribution in [0.15, 0.2) is 0 Å². The van der Waals surface area contributed by atoms with Crippen molar-refractivity contribution in [3.63, 3.8) is 0 Å². The van der Waals surface area contributed by atoms with E-state index in [9.17, 15) is 0 Å². The van der Waals surface area contributed by atoms with Crippen molar-refractivity contribution in [2.24, 2.45) is 11.7 Å². The molecule has 0 radical (unpaired) electrons. The van der Waals surface area contributed by atoms with Crippen LogP contribution >= 0.6 is 11.3 Å². The molecule has 2 N–H and O–H groups in total. The Morgan fingerprint density at radius 1 is 1.31 bits per heavy atom. The fourth-order valence-electron chi connectivity index (χ4n) is 2.63. The fraction of sp³-hybridized carbons (Fsp3) is 0.769. The summed E-state index contributed by atoms with van der Waals surface area (Å²) in [5, 5.41) is 1.34. The van der Waals surface area contributed by atoms with Gasteiger partial charge in [0.2, 0.25) is 0 Å². The lowest BCUT2D eigenvalue weighted by molar-refractivity contribution is 0.318. The second-order valence-corrected chi connectivity index (χ2v) is 6.01. The highest BCUT2D eigenvalue weighted by atomic mass is 32.1. The smallest absolute Gasteiger partial charge is 0.0962 e. The van der Waals surface area contributed by atoms with Crippen molar-refractivity contribution in [1.82, 2.24) is 4.98 Å². The Kier molecular flexibility index (Phi) is 3.98. The molecule has 1 heterocycles. The van der Waals surface area contributed by atoms with Gasteiger partial charge in [-0.25, -0.2) is 4.98 Å². The van der Waals surface area contributed by atoms with Crippen LogP contribution in [0.4, 0.5) is 0 Å². The Morgan fingerprint density at radius 3 is 2.50 bits per heavy atom. The zero-order valence-electron chi connectivity index (χ0n) is 10.3. The molecule has 0 atom stereocenters. The number of aromatic nitrogens is 1. The van der Waals surface area contributed by atoms with E-state index in [2.05, 4.69) is 13.8 Å². The zero-order chi connectivity index (χ0) is 11.5. The minimum atomic E-state index is 0.647. The molecule has 0 amide bonds. The molecule has 3 heteroatoms. The standard InChI is InChI=1S/C13H22N2S/c1-3-10-4-6-11(7-5-10)13-15-9(2)12(8-14)16-13/h10-11H,3-8,14H2,1-2H3. The number of hydrogen-bond donors (Lipinski definition) is 1. The van der Waals surface area contributed by atoms with Crippen LogP contribution in [0.5, 0.6) is 0 Å². The predicted octanol–water partition coefficient (Wildman–Crippen LogP) is 3.59. The van der Waals surface area contributed by atoms with Gasteiger partial charge in [0.1, 0.15) is 0 Å². The summed E-state index contributed by atoms with van der Waals surface area (Å²) < 4.78 is 0. The minimum Gasteiger partial charge on any atom is -0.326 e. The van der Waals surface area contributed by atoms with Crippen molar-refractivity contribution < 1.29 is 0 Å². The van der Waals surface area contributed by atoms with E-state index < -0.39 is 0 Å². The first-order chi connectivity index (χ1) is 7.74. The highest BCUT2D eigenvalue weighted by molar-refractivity contribution is 7.11. The Hall–Kier alpha value is -0.410. The molecule has 0 spiro atoms. The van der Waals surface area contributed by atoms with Gasteiger partial charge in [0, 0.05) is 17.3 Å². The molecular formula is C13H22N2S. The Bertz CT molecular complexity index is 338. The van der Waals surface area contributed by atoms with E-state index in [0.717, 1.165) is 11.6 Å². The molecule has 90 valence electrons. The lowest BCUT2D eigenvalue weighted by atomic mass is 9.81. The third-order valence-corrected chi connectivity index (χ3v) is 5.21. The van der Waals surface area contributed by atoms with Crippen molar-refractivity contribution in [3.05, 3.63) is 15.6 Å². The fourth-order valence-corrected chi connectivity index (χ4v) is 3.75. The Labute approximate surface area is 102 Å². The van der Waals surface area contributed by atoms with Crippen LogP contribution in [0.25, 0.3) is 0 Å². The van der Waals surface area contributed by atoms with E-state index >= 15 is 0 Å². The maximum Gasteiger partial charge on any atom is 0.0962 e. The van der Waals surface area contributed by atoms with E-state index in [1.54, 1.807) is 0 Å². The largest absolute Gasteiger partial charge is 0.326 e. The molecular weight excluding hydrogens is 216 g/mol. The summed E-state index contributed by atoms with van der Waals surface area (Å²) in [6.45, 7) is 5.04. The van der Waals surface area contributed by atoms with E-state index in [0.29, 0.717) is 12.5 Å². The van der Waals surface area contributed by atoms with Gasteiger partial charge in [0.05, 0.1) is 10.7 Å². The monoisotopic (exact) mass is 238 g/mol. The molecule has 2 rings (SSSR count). The average molecular weight is 238 g/mol. The molecule has 0 bridgehead atoms.